The summed E-state index contributed by atoms with van der Waals surface area (Å²) in [5.41, 5.74) is 2.79. The van der Waals surface area contributed by atoms with E-state index in [2.05, 4.69) is 15.1 Å². The van der Waals surface area contributed by atoms with Crippen LogP contribution in [0.3, 0.4) is 0 Å². The first-order chi connectivity index (χ1) is 13.2. The van der Waals surface area contributed by atoms with Crippen LogP contribution in [0, 0.1) is 6.92 Å². The van der Waals surface area contributed by atoms with E-state index in [0.717, 1.165) is 27.3 Å². The van der Waals surface area contributed by atoms with Crippen molar-refractivity contribution in [2.75, 3.05) is 6.61 Å². The van der Waals surface area contributed by atoms with Gasteiger partial charge in [-0.25, -0.2) is 14.7 Å². The summed E-state index contributed by atoms with van der Waals surface area (Å²) in [4.78, 5) is 21.6. The average molecular weight is 378 g/mol. The number of para-hydroxylation sites is 1. The summed E-state index contributed by atoms with van der Waals surface area (Å²) in [7, 11) is 0. The fourth-order valence-electron chi connectivity index (χ4n) is 2.79. The quantitative estimate of drug-likeness (QED) is 0.528. The lowest BCUT2D eigenvalue weighted by Gasteiger charge is -2.00. The third kappa shape index (κ3) is 3.41. The number of thiazole rings is 1. The Morgan fingerprint density at radius 3 is 2.85 bits per heavy atom. The van der Waals surface area contributed by atoms with Gasteiger partial charge in [0.25, 0.3) is 5.56 Å². The van der Waals surface area contributed by atoms with Gasteiger partial charge < -0.3 is 4.74 Å². The zero-order valence-electron chi connectivity index (χ0n) is 15.0. The van der Waals surface area contributed by atoms with Crippen molar-refractivity contribution in [3.05, 3.63) is 70.1 Å². The summed E-state index contributed by atoms with van der Waals surface area (Å²) >= 11 is 1.46. The number of hydrogen-bond acceptors (Lipinski definition) is 5. The van der Waals surface area contributed by atoms with Crippen molar-refractivity contribution in [1.29, 1.82) is 0 Å². The molecule has 1 N–H and O–H groups in total. The van der Waals surface area contributed by atoms with Crippen molar-refractivity contribution >= 4 is 32.9 Å². The molecule has 0 aliphatic carbocycles. The fraction of sp³-hybridized carbons (Fsp3) is 0.150. The minimum Gasteiger partial charge on any atom is -0.494 e. The number of aromatic amines is 1. The van der Waals surface area contributed by atoms with E-state index in [0.29, 0.717) is 17.3 Å². The molecule has 0 saturated heterocycles. The van der Waals surface area contributed by atoms with Crippen molar-refractivity contribution in [1.82, 2.24) is 14.8 Å². The highest BCUT2D eigenvalue weighted by molar-refractivity contribution is 7.22. The molecule has 0 unspecified atom stereocenters. The number of H-pyrrole nitrogens is 1. The Morgan fingerprint density at radius 2 is 2.07 bits per heavy atom. The first kappa shape index (κ1) is 17.2. The molecule has 0 fully saturated rings. The smallest absolute Gasteiger partial charge is 0.280 e. The van der Waals surface area contributed by atoms with Gasteiger partial charge in [-0.1, -0.05) is 29.5 Å². The van der Waals surface area contributed by atoms with E-state index in [1.165, 1.54) is 16.0 Å². The van der Waals surface area contributed by atoms with Gasteiger partial charge in [0.1, 0.15) is 5.75 Å². The molecular formula is C20H18N4O2S. The minimum atomic E-state index is -0.137. The van der Waals surface area contributed by atoms with Gasteiger partial charge in [0, 0.05) is 11.9 Å². The predicted octanol–water partition coefficient (Wildman–Crippen LogP) is 4.23. The maximum absolute atomic E-state index is 12.7. The molecule has 136 valence electrons. The van der Waals surface area contributed by atoms with Crippen LogP contribution in [-0.4, -0.2) is 27.6 Å². The van der Waals surface area contributed by atoms with Crippen LogP contribution in [0.1, 0.15) is 18.2 Å². The van der Waals surface area contributed by atoms with Crippen LogP contribution in [0.5, 0.6) is 5.75 Å². The molecule has 6 nitrogen and oxygen atoms in total. The summed E-state index contributed by atoms with van der Waals surface area (Å²) in [5.74, 6) is 0.816. The lowest BCUT2D eigenvalue weighted by molar-refractivity contribution is 0.341. The standard InChI is InChI=1S/C20H18N4O2S/c1-3-26-15-9-10-17-18(11-15)27-20(22-17)21-12-16-13(2)23-24(19(16)25)14-7-5-4-6-8-14/h4-12,23H,3H2,1-2H3/b21-12+. The largest absolute Gasteiger partial charge is 0.494 e. The number of nitrogens with one attached hydrogen (secondary N) is 1. The molecule has 2 aromatic carbocycles. The molecule has 0 saturated carbocycles. The van der Waals surface area contributed by atoms with Crippen LogP contribution in [0.15, 0.2) is 58.3 Å². The van der Waals surface area contributed by atoms with Gasteiger partial charge in [-0.3, -0.25) is 9.89 Å². The predicted molar refractivity (Wildman–Crippen MR) is 109 cm³/mol. The average Bonchev–Trinajstić information content (AvgIpc) is 3.21. The summed E-state index contributed by atoms with van der Waals surface area (Å²) < 4.78 is 8.04. The maximum Gasteiger partial charge on any atom is 0.280 e. The molecule has 0 aliphatic heterocycles. The molecule has 2 heterocycles. The molecule has 0 spiro atoms. The zero-order valence-corrected chi connectivity index (χ0v) is 15.8. The Bertz CT molecular complexity index is 1170. The first-order valence-corrected chi connectivity index (χ1v) is 9.42. The number of benzene rings is 2. The van der Waals surface area contributed by atoms with Crippen molar-refractivity contribution in [3.8, 4) is 11.4 Å². The van der Waals surface area contributed by atoms with Crippen LogP contribution in [-0.2, 0) is 0 Å². The number of fused-ring (bicyclic) bond motifs is 1. The number of ether oxygens (including phenoxy) is 1. The minimum absolute atomic E-state index is 0.137. The third-order valence-corrected chi connectivity index (χ3v) is 5.02. The van der Waals surface area contributed by atoms with Gasteiger partial charge >= 0.3 is 0 Å². The number of aryl methyl sites for hydroxylation is 1. The van der Waals surface area contributed by atoms with Crippen molar-refractivity contribution in [2.24, 2.45) is 4.99 Å². The van der Waals surface area contributed by atoms with E-state index >= 15 is 0 Å². The maximum atomic E-state index is 12.7. The van der Waals surface area contributed by atoms with E-state index in [4.69, 9.17) is 4.74 Å². The van der Waals surface area contributed by atoms with Crippen LogP contribution >= 0.6 is 11.3 Å². The highest BCUT2D eigenvalue weighted by Gasteiger charge is 2.11. The molecule has 2 aromatic heterocycles. The Kier molecular flexibility index (Phi) is 4.60. The molecule has 7 heteroatoms. The molecule has 0 amide bonds. The number of aromatic nitrogens is 3. The summed E-state index contributed by atoms with van der Waals surface area (Å²) in [6.07, 6.45) is 1.58. The van der Waals surface area contributed by atoms with Gasteiger partial charge in [-0.05, 0) is 44.2 Å². The Hall–Kier alpha value is -3.19. The molecular weight excluding hydrogens is 360 g/mol. The number of aliphatic imine (C=N–C) groups is 1. The first-order valence-electron chi connectivity index (χ1n) is 8.60. The Labute approximate surface area is 159 Å². The van der Waals surface area contributed by atoms with Gasteiger partial charge in [-0.15, -0.1) is 0 Å². The van der Waals surface area contributed by atoms with E-state index in [1.807, 2.05) is 62.4 Å². The molecule has 0 aliphatic rings. The highest BCUT2D eigenvalue weighted by atomic mass is 32.1. The SMILES string of the molecule is CCOc1ccc2nc(/N=C/c3c(C)[nH]n(-c4ccccc4)c3=O)sc2c1. The second kappa shape index (κ2) is 7.20. The van der Waals surface area contributed by atoms with E-state index in [9.17, 15) is 4.79 Å². The molecule has 4 rings (SSSR count). The van der Waals surface area contributed by atoms with Crippen molar-refractivity contribution < 1.29 is 4.74 Å². The van der Waals surface area contributed by atoms with Crippen LogP contribution in [0.4, 0.5) is 5.13 Å². The Balaban J connectivity index is 1.66. The number of nitrogens with zero attached hydrogens (tertiary/aromatic N) is 3. The van der Waals surface area contributed by atoms with Crippen LogP contribution < -0.4 is 10.3 Å². The zero-order chi connectivity index (χ0) is 18.8. The summed E-state index contributed by atoms with van der Waals surface area (Å²) in [6.45, 7) is 4.43. The lowest BCUT2D eigenvalue weighted by Crippen LogP contribution is -2.17. The number of rotatable bonds is 5. The molecule has 4 aromatic rings. The van der Waals surface area contributed by atoms with E-state index < -0.39 is 0 Å². The second-order valence-corrected chi connectivity index (χ2v) is 6.95. The topological polar surface area (TPSA) is 72.3 Å². The van der Waals surface area contributed by atoms with Gasteiger partial charge in [0.15, 0.2) is 0 Å². The molecule has 0 atom stereocenters. The van der Waals surface area contributed by atoms with Crippen LogP contribution in [0.2, 0.25) is 0 Å². The third-order valence-electron chi connectivity index (χ3n) is 4.10. The van der Waals surface area contributed by atoms with E-state index in [1.54, 1.807) is 6.21 Å². The molecule has 0 radical (unpaired) electrons. The normalized spacial score (nSPS) is 11.5. The number of hydrogen-bond donors (Lipinski definition) is 1. The fourth-order valence-corrected chi connectivity index (χ4v) is 3.63. The second-order valence-electron chi connectivity index (χ2n) is 5.94. The molecule has 27 heavy (non-hydrogen) atoms. The molecule has 0 bridgehead atoms. The monoisotopic (exact) mass is 378 g/mol. The summed E-state index contributed by atoms with van der Waals surface area (Å²) in [6, 6.07) is 15.2. The van der Waals surface area contributed by atoms with Crippen molar-refractivity contribution in [2.45, 2.75) is 13.8 Å². The van der Waals surface area contributed by atoms with Gasteiger partial charge in [-0.2, -0.15) is 0 Å². The highest BCUT2D eigenvalue weighted by Crippen LogP contribution is 2.30. The van der Waals surface area contributed by atoms with Crippen LogP contribution in [0.25, 0.3) is 15.9 Å². The van der Waals surface area contributed by atoms with E-state index in [-0.39, 0.29) is 5.56 Å². The van der Waals surface area contributed by atoms with Gasteiger partial charge in [0.05, 0.1) is 28.1 Å². The summed E-state index contributed by atoms with van der Waals surface area (Å²) in [5, 5.41) is 3.69. The Morgan fingerprint density at radius 1 is 1.26 bits per heavy atom. The van der Waals surface area contributed by atoms with Crippen molar-refractivity contribution in [3.63, 3.8) is 0 Å². The lowest BCUT2D eigenvalue weighted by atomic mass is 10.3. The van der Waals surface area contributed by atoms with Gasteiger partial charge in [0.2, 0.25) is 5.13 Å².